The number of thioether (sulfide) groups is 1. The van der Waals surface area contributed by atoms with E-state index in [0.29, 0.717) is 23.8 Å². The summed E-state index contributed by atoms with van der Waals surface area (Å²) in [5, 5.41) is 22.2. The van der Waals surface area contributed by atoms with Crippen LogP contribution in [0.4, 0.5) is 5.82 Å². The monoisotopic (exact) mass is 516 g/mol. The van der Waals surface area contributed by atoms with Crippen LogP contribution in [0.2, 0.25) is 0 Å². The first kappa shape index (κ1) is 25.6. The maximum Gasteiger partial charge on any atom is 0.184 e. The van der Waals surface area contributed by atoms with Crippen molar-refractivity contribution in [1.29, 1.82) is 5.26 Å². The summed E-state index contributed by atoms with van der Waals surface area (Å²) in [6.45, 7) is 11.4. The summed E-state index contributed by atoms with van der Waals surface area (Å²) in [6, 6.07) is 15.0. The van der Waals surface area contributed by atoms with E-state index in [-0.39, 0.29) is 5.41 Å². The van der Waals surface area contributed by atoms with Gasteiger partial charge in [-0.05, 0) is 55.4 Å². The number of nitrogens with zero attached hydrogens (tertiary/aromatic N) is 8. The van der Waals surface area contributed by atoms with Gasteiger partial charge in [0.15, 0.2) is 16.6 Å². The second kappa shape index (κ2) is 10.7. The number of fused-ring (bicyclic) bond motifs is 1. The molecule has 2 fully saturated rings. The number of piperidine rings is 1. The van der Waals surface area contributed by atoms with Crippen LogP contribution in [0, 0.1) is 16.7 Å². The molecule has 3 aromatic rings. The molecule has 5 rings (SSSR count). The molecule has 1 aromatic carbocycles. The van der Waals surface area contributed by atoms with Crippen LogP contribution in [-0.4, -0.2) is 68.5 Å². The first-order chi connectivity index (χ1) is 17.8. The predicted octanol–water partition coefficient (Wildman–Crippen LogP) is 4.78. The van der Waals surface area contributed by atoms with Gasteiger partial charge in [-0.1, -0.05) is 56.8 Å². The third-order valence-corrected chi connectivity index (χ3v) is 7.94. The maximum atomic E-state index is 9.57. The highest BCUT2D eigenvalue weighted by Gasteiger charge is 2.26. The Morgan fingerprint density at radius 3 is 2.59 bits per heavy atom. The number of nitriles is 1. The van der Waals surface area contributed by atoms with Gasteiger partial charge in [0.05, 0.1) is 6.20 Å². The number of anilines is 1. The molecule has 9 heteroatoms. The number of benzene rings is 1. The third kappa shape index (κ3) is 6.08. The van der Waals surface area contributed by atoms with Crippen molar-refractivity contribution < 1.29 is 0 Å². The van der Waals surface area contributed by atoms with E-state index in [0.717, 1.165) is 29.8 Å². The van der Waals surface area contributed by atoms with Crippen LogP contribution in [-0.2, 0) is 6.54 Å². The molecule has 0 amide bonds. The molecule has 0 bridgehead atoms. The van der Waals surface area contributed by atoms with E-state index in [9.17, 15) is 5.26 Å². The second-order valence-corrected chi connectivity index (χ2v) is 12.4. The topological polar surface area (TPSA) is 76.1 Å². The number of hydrogen-bond donors (Lipinski definition) is 0. The highest BCUT2D eigenvalue weighted by Crippen LogP contribution is 2.29. The molecule has 0 atom stereocenters. The van der Waals surface area contributed by atoms with E-state index in [1.165, 1.54) is 37.1 Å². The van der Waals surface area contributed by atoms with Crippen molar-refractivity contribution in [3.63, 3.8) is 0 Å². The smallest absolute Gasteiger partial charge is 0.184 e. The van der Waals surface area contributed by atoms with Gasteiger partial charge in [0.2, 0.25) is 0 Å². The van der Waals surface area contributed by atoms with Crippen molar-refractivity contribution in [1.82, 2.24) is 24.4 Å². The minimum Gasteiger partial charge on any atom is -0.345 e. The molecule has 4 heterocycles. The first-order valence-corrected chi connectivity index (χ1v) is 14.0. The Morgan fingerprint density at radius 2 is 1.89 bits per heavy atom. The molecule has 0 unspecified atom stereocenters. The zero-order valence-electron chi connectivity index (χ0n) is 22.3. The van der Waals surface area contributed by atoms with Gasteiger partial charge in [-0.2, -0.15) is 14.9 Å². The lowest BCUT2D eigenvalue weighted by Gasteiger charge is -2.30. The Balaban J connectivity index is 1.38. The highest BCUT2D eigenvalue weighted by molar-refractivity contribution is 8.14. The van der Waals surface area contributed by atoms with Crippen LogP contribution < -0.4 is 5.01 Å². The number of hydrazone groups is 1. The summed E-state index contributed by atoms with van der Waals surface area (Å²) >= 11 is 1.78. The molecule has 0 saturated carbocycles. The van der Waals surface area contributed by atoms with Gasteiger partial charge < -0.3 is 9.80 Å². The lowest BCUT2D eigenvalue weighted by atomic mass is 9.89. The molecule has 194 valence electrons. The van der Waals surface area contributed by atoms with E-state index in [1.807, 2.05) is 11.1 Å². The molecule has 2 aliphatic heterocycles. The van der Waals surface area contributed by atoms with Crippen LogP contribution in [0.25, 0.3) is 5.65 Å². The van der Waals surface area contributed by atoms with Crippen molar-refractivity contribution >= 4 is 28.4 Å². The summed E-state index contributed by atoms with van der Waals surface area (Å²) in [5.41, 5.74) is 3.76. The van der Waals surface area contributed by atoms with E-state index < -0.39 is 0 Å². The minimum absolute atomic E-state index is 0.0164. The molecule has 37 heavy (non-hydrogen) atoms. The van der Waals surface area contributed by atoms with Crippen molar-refractivity contribution in [2.75, 3.05) is 44.0 Å². The molecule has 2 aromatic heterocycles. The third-order valence-electron chi connectivity index (χ3n) is 6.96. The van der Waals surface area contributed by atoms with Crippen LogP contribution in [0.3, 0.4) is 0 Å². The van der Waals surface area contributed by atoms with Gasteiger partial charge in [-0.3, -0.25) is 0 Å². The van der Waals surface area contributed by atoms with Crippen molar-refractivity contribution in [3.8, 4) is 6.07 Å². The Morgan fingerprint density at radius 1 is 1.14 bits per heavy atom. The zero-order valence-corrected chi connectivity index (χ0v) is 23.1. The summed E-state index contributed by atoms with van der Waals surface area (Å²) in [6.07, 6.45) is 4.19. The quantitative estimate of drug-likeness (QED) is 0.436. The normalized spacial score (nSPS) is 18.6. The summed E-state index contributed by atoms with van der Waals surface area (Å²) in [5.74, 6) is 2.43. The van der Waals surface area contributed by atoms with Crippen LogP contribution in [0.15, 0.2) is 47.7 Å². The number of aromatic nitrogens is 3. The number of hydrogen-bond acceptors (Lipinski definition) is 7. The fraction of sp³-hybridized carbons (Fsp3) is 0.500. The molecule has 0 aliphatic carbocycles. The van der Waals surface area contributed by atoms with Crippen LogP contribution in [0.1, 0.15) is 56.4 Å². The van der Waals surface area contributed by atoms with Crippen molar-refractivity contribution in [2.45, 2.75) is 46.1 Å². The Kier molecular flexibility index (Phi) is 7.40. The van der Waals surface area contributed by atoms with Crippen LogP contribution >= 0.6 is 11.8 Å². The summed E-state index contributed by atoms with van der Waals surface area (Å²) in [4.78, 5) is 9.17. The Labute approximate surface area is 224 Å². The molecule has 2 aliphatic rings. The molecule has 2 saturated heterocycles. The first-order valence-electron chi connectivity index (χ1n) is 13.1. The number of likely N-dealkylation sites (tertiary alicyclic amines) is 1. The fourth-order valence-corrected chi connectivity index (χ4v) is 5.98. The molecular formula is C28H36N8S. The highest BCUT2D eigenvalue weighted by atomic mass is 32.2. The number of amidine groups is 1. The summed E-state index contributed by atoms with van der Waals surface area (Å²) in [7, 11) is 2.21. The fourth-order valence-electron chi connectivity index (χ4n) is 4.99. The summed E-state index contributed by atoms with van der Waals surface area (Å²) < 4.78 is 1.77. The molecule has 0 N–H and O–H groups in total. The lowest BCUT2D eigenvalue weighted by Crippen LogP contribution is -2.33. The average Bonchev–Trinajstić information content (AvgIpc) is 3.52. The SMILES string of the molecule is CN1CCC(c2ccc(CN3CCSC3=NN(CC(C)(C)C)c3cc(C#N)nc4ccnn34)cc2)CC1. The second-order valence-electron chi connectivity index (χ2n) is 11.3. The van der Waals surface area contributed by atoms with Gasteiger partial charge in [-0.15, -0.1) is 5.10 Å². The van der Waals surface area contributed by atoms with Crippen molar-refractivity contribution in [2.24, 2.45) is 10.5 Å². The molecule has 0 radical (unpaired) electrons. The number of rotatable bonds is 6. The average molecular weight is 517 g/mol. The van der Waals surface area contributed by atoms with Gasteiger partial charge in [-0.25, -0.2) is 9.99 Å². The minimum atomic E-state index is -0.0164. The van der Waals surface area contributed by atoms with Crippen molar-refractivity contribution in [3.05, 3.63) is 59.4 Å². The van der Waals surface area contributed by atoms with Gasteiger partial charge in [0.1, 0.15) is 11.8 Å². The molecule has 0 spiro atoms. The van der Waals surface area contributed by atoms with E-state index in [2.05, 4.69) is 78.0 Å². The Bertz CT molecular complexity index is 1290. The van der Waals surface area contributed by atoms with Gasteiger partial charge in [0, 0.05) is 37.5 Å². The largest absolute Gasteiger partial charge is 0.345 e. The standard InChI is InChI=1S/C28H36N8S/c1-28(2,3)20-35(26-17-24(18-29)31-25-9-12-30-36(25)26)32-27-34(15-16-37-27)19-21-5-7-22(8-6-21)23-10-13-33(4)14-11-23/h5-9,12,17,23H,10-11,13-16,19-20H2,1-4H3. The van der Waals surface area contributed by atoms with Gasteiger partial charge >= 0.3 is 0 Å². The maximum absolute atomic E-state index is 9.57. The van der Waals surface area contributed by atoms with Gasteiger partial charge in [0.25, 0.3) is 0 Å². The Hall–Kier alpha value is -3.09. The molecule has 8 nitrogen and oxygen atoms in total. The zero-order chi connectivity index (χ0) is 26.0. The van der Waals surface area contributed by atoms with E-state index in [4.69, 9.17) is 5.10 Å². The molecular weight excluding hydrogens is 480 g/mol. The predicted molar refractivity (Wildman–Crippen MR) is 151 cm³/mol. The van der Waals surface area contributed by atoms with Crippen LogP contribution in [0.5, 0.6) is 0 Å². The van der Waals surface area contributed by atoms with E-state index >= 15 is 0 Å². The van der Waals surface area contributed by atoms with E-state index in [1.54, 1.807) is 28.5 Å². The lowest BCUT2D eigenvalue weighted by molar-refractivity contribution is 0.255.